The summed E-state index contributed by atoms with van der Waals surface area (Å²) in [6, 6.07) is 3.15. The normalized spacial score (nSPS) is 10.7. The molecule has 7 nitrogen and oxygen atoms in total. The number of aromatic nitrogens is 6. The number of hydrogen-bond acceptors (Lipinski definition) is 5. The maximum atomic E-state index is 11.8. The molecule has 0 atom stereocenters. The largest absolute Gasteiger partial charge is 0.305 e. The van der Waals surface area contributed by atoms with Crippen molar-refractivity contribution in [3.8, 4) is 22.8 Å². The Labute approximate surface area is 114 Å². The van der Waals surface area contributed by atoms with Gasteiger partial charge in [-0.15, -0.1) is 0 Å². The highest BCUT2D eigenvalue weighted by Crippen LogP contribution is 2.17. The summed E-state index contributed by atoms with van der Waals surface area (Å²) in [5.74, 6) is 1.04. The number of rotatable bonds is 2. The molecule has 0 unspecified atom stereocenters. The zero-order valence-electron chi connectivity index (χ0n) is 11.0. The molecule has 20 heavy (non-hydrogen) atoms. The van der Waals surface area contributed by atoms with Gasteiger partial charge in [0, 0.05) is 31.1 Å². The molecule has 0 saturated carbocycles. The summed E-state index contributed by atoms with van der Waals surface area (Å²) >= 11 is 0. The highest BCUT2D eigenvalue weighted by molar-refractivity contribution is 5.60. The molecular formula is C13H12N6O. The van der Waals surface area contributed by atoms with Crippen LogP contribution < -0.4 is 5.56 Å². The zero-order valence-corrected chi connectivity index (χ0v) is 11.0. The molecule has 3 rings (SSSR count). The van der Waals surface area contributed by atoms with Crippen LogP contribution in [0.5, 0.6) is 0 Å². The van der Waals surface area contributed by atoms with Crippen LogP contribution in [-0.4, -0.2) is 29.7 Å². The first-order chi connectivity index (χ1) is 9.61. The lowest BCUT2D eigenvalue weighted by Gasteiger charge is -2.02. The molecule has 1 N–H and O–H groups in total. The van der Waals surface area contributed by atoms with Gasteiger partial charge in [-0.1, -0.05) is 0 Å². The Kier molecular flexibility index (Phi) is 2.86. The average Bonchev–Trinajstić information content (AvgIpc) is 2.85. The SMILES string of the molecule is Cc1nccc(-c2nc(-c3cnn(C)c3)cc(=O)[nH]2)n1. The van der Waals surface area contributed by atoms with Crippen LogP contribution in [0.1, 0.15) is 5.82 Å². The lowest BCUT2D eigenvalue weighted by molar-refractivity contribution is 0.768. The van der Waals surface area contributed by atoms with Crippen LogP contribution in [0.2, 0.25) is 0 Å². The molecule has 0 aromatic carbocycles. The molecule has 0 spiro atoms. The predicted molar refractivity (Wildman–Crippen MR) is 72.8 cm³/mol. The quantitative estimate of drug-likeness (QED) is 0.747. The first kappa shape index (κ1) is 12.2. The van der Waals surface area contributed by atoms with Crippen LogP contribution in [0.25, 0.3) is 22.8 Å². The van der Waals surface area contributed by atoms with Crippen LogP contribution >= 0.6 is 0 Å². The van der Waals surface area contributed by atoms with Gasteiger partial charge in [-0.3, -0.25) is 9.48 Å². The second-order valence-corrected chi connectivity index (χ2v) is 4.37. The van der Waals surface area contributed by atoms with Gasteiger partial charge < -0.3 is 4.98 Å². The minimum absolute atomic E-state index is 0.231. The van der Waals surface area contributed by atoms with Crippen molar-refractivity contribution in [3.05, 3.63) is 46.9 Å². The lowest BCUT2D eigenvalue weighted by atomic mass is 10.2. The van der Waals surface area contributed by atoms with E-state index in [1.165, 1.54) is 6.07 Å². The van der Waals surface area contributed by atoms with Gasteiger partial charge in [0.1, 0.15) is 11.5 Å². The fraction of sp³-hybridized carbons (Fsp3) is 0.154. The van der Waals surface area contributed by atoms with Crippen molar-refractivity contribution in [1.82, 2.24) is 29.7 Å². The van der Waals surface area contributed by atoms with E-state index in [0.29, 0.717) is 23.0 Å². The van der Waals surface area contributed by atoms with Crippen molar-refractivity contribution in [3.63, 3.8) is 0 Å². The van der Waals surface area contributed by atoms with Crippen molar-refractivity contribution in [2.24, 2.45) is 7.05 Å². The van der Waals surface area contributed by atoms with Crippen molar-refractivity contribution in [2.75, 3.05) is 0 Å². The Morgan fingerprint density at radius 3 is 2.80 bits per heavy atom. The standard InChI is InChI=1S/C13H12N6O/c1-8-14-4-3-10(16-8)13-17-11(5-12(20)18-13)9-6-15-19(2)7-9/h3-7H,1-2H3,(H,17,18,20). The molecule has 0 saturated heterocycles. The number of hydrogen-bond donors (Lipinski definition) is 1. The first-order valence-electron chi connectivity index (χ1n) is 6.02. The minimum Gasteiger partial charge on any atom is -0.305 e. The van der Waals surface area contributed by atoms with E-state index in [9.17, 15) is 4.79 Å². The summed E-state index contributed by atoms with van der Waals surface area (Å²) in [5, 5.41) is 4.08. The van der Waals surface area contributed by atoms with Crippen molar-refractivity contribution in [1.29, 1.82) is 0 Å². The van der Waals surface area contributed by atoms with E-state index in [-0.39, 0.29) is 5.56 Å². The third-order valence-corrected chi connectivity index (χ3v) is 2.76. The van der Waals surface area contributed by atoms with Gasteiger partial charge >= 0.3 is 0 Å². The maximum absolute atomic E-state index is 11.8. The summed E-state index contributed by atoms with van der Waals surface area (Å²) in [6.07, 6.45) is 5.10. The fourth-order valence-corrected chi connectivity index (χ4v) is 1.87. The van der Waals surface area contributed by atoms with Crippen LogP contribution in [0.3, 0.4) is 0 Å². The van der Waals surface area contributed by atoms with Crippen LogP contribution in [0.4, 0.5) is 0 Å². The Morgan fingerprint density at radius 2 is 2.10 bits per heavy atom. The highest BCUT2D eigenvalue weighted by Gasteiger charge is 2.08. The average molecular weight is 268 g/mol. The molecule has 7 heteroatoms. The molecule has 3 heterocycles. The minimum atomic E-state index is -0.231. The molecule has 0 amide bonds. The van der Waals surface area contributed by atoms with E-state index in [0.717, 1.165) is 5.56 Å². The second-order valence-electron chi connectivity index (χ2n) is 4.37. The van der Waals surface area contributed by atoms with E-state index in [4.69, 9.17) is 0 Å². The van der Waals surface area contributed by atoms with Gasteiger partial charge in [0.2, 0.25) is 0 Å². The van der Waals surface area contributed by atoms with E-state index in [1.54, 1.807) is 36.3 Å². The number of aryl methyl sites for hydroxylation is 2. The molecule has 0 aliphatic rings. The zero-order chi connectivity index (χ0) is 14.1. The monoisotopic (exact) mass is 268 g/mol. The number of aromatic amines is 1. The van der Waals surface area contributed by atoms with Gasteiger partial charge in [0.05, 0.1) is 11.9 Å². The third-order valence-electron chi connectivity index (χ3n) is 2.76. The summed E-state index contributed by atoms with van der Waals surface area (Å²) in [6.45, 7) is 1.78. The first-order valence-corrected chi connectivity index (χ1v) is 6.02. The third kappa shape index (κ3) is 2.33. The molecule has 0 bridgehead atoms. The van der Waals surface area contributed by atoms with E-state index in [2.05, 4.69) is 25.0 Å². The second kappa shape index (κ2) is 4.69. The molecule has 0 radical (unpaired) electrons. The van der Waals surface area contributed by atoms with Crippen LogP contribution in [0, 0.1) is 6.92 Å². The van der Waals surface area contributed by atoms with E-state index in [1.807, 2.05) is 7.05 Å². The molecule has 0 aliphatic carbocycles. The van der Waals surface area contributed by atoms with E-state index >= 15 is 0 Å². The number of nitrogens with one attached hydrogen (secondary N) is 1. The van der Waals surface area contributed by atoms with E-state index < -0.39 is 0 Å². The maximum Gasteiger partial charge on any atom is 0.251 e. The number of nitrogens with zero attached hydrogens (tertiary/aromatic N) is 5. The summed E-state index contributed by atoms with van der Waals surface area (Å²) in [7, 11) is 1.81. The molecule has 100 valence electrons. The van der Waals surface area contributed by atoms with Crippen molar-refractivity contribution >= 4 is 0 Å². The van der Waals surface area contributed by atoms with Crippen molar-refractivity contribution in [2.45, 2.75) is 6.92 Å². The summed E-state index contributed by atoms with van der Waals surface area (Å²) < 4.78 is 1.66. The fourth-order valence-electron chi connectivity index (χ4n) is 1.87. The highest BCUT2D eigenvalue weighted by atomic mass is 16.1. The van der Waals surface area contributed by atoms with Gasteiger partial charge in [-0.2, -0.15) is 5.10 Å². The summed E-state index contributed by atoms with van der Waals surface area (Å²) in [5.41, 5.74) is 1.70. The molecule has 0 fully saturated rings. The van der Waals surface area contributed by atoms with Gasteiger partial charge in [-0.25, -0.2) is 15.0 Å². The Morgan fingerprint density at radius 1 is 1.25 bits per heavy atom. The molecule has 3 aromatic heterocycles. The number of H-pyrrole nitrogens is 1. The van der Waals surface area contributed by atoms with Gasteiger partial charge in [0.15, 0.2) is 5.82 Å². The lowest BCUT2D eigenvalue weighted by Crippen LogP contribution is -2.09. The smallest absolute Gasteiger partial charge is 0.251 e. The molecular weight excluding hydrogens is 256 g/mol. The van der Waals surface area contributed by atoms with Crippen LogP contribution in [0.15, 0.2) is 35.5 Å². The Balaban J connectivity index is 2.14. The van der Waals surface area contributed by atoms with Crippen LogP contribution in [-0.2, 0) is 7.05 Å². The van der Waals surface area contributed by atoms with Gasteiger partial charge in [-0.05, 0) is 13.0 Å². The Bertz CT molecular complexity index is 819. The summed E-state index contributed by atoms with van der Waals surface area (Å²) in [4.78, 5) is 27.2. The molecule has 0 aliphatic heterocycles. The Hall–Kier alpha value is -2.83. The predicted octanol–water partition coefficient (Wildman–Crippen LogP) is 0.936. The van der Waals surface area contributed by atoms with Crippen molar-refractivity contribution < 1.29 is 0 Å². The van der Waals surface area contributed by atoms with Gasteiger partial charge in [0.25, 0.3) is 5.56 Å². The topological polar surface area (TPSA) is 89.4 Å². The molecule has 3 aromatic rings.